The Kier molecular flexibility index (Phi) is 6.67. The summed E-state index contributed by atoms with van der Waals surface area (Å²) in [6, 6.07) is -1.33. The second kappa shape index (κ2) is 8.25. The van der Waals surface area contributed by atoms with Crippen molar-refractivity contribution in [3.8, 4) is 0 Å². The van der Waals surface area contributed by atoms with Crippen molar-refractivity contribution in [3.05, 3.63) is 11.8 Å². The highest BCUT2D eigenvalue weighted by molar-refractivity contribution is 7.87. The fourth-order valence-electron chi connectivity index (χ4n) is 3.35. The van der Waals surface area contributed by atoms with Gasteiger partial charge in [-0.25, -0.2) is 4.79 Å². The first kappa shape index (κ1) is 24.3. The predicted molar refractivity (Wildman–Crippen MR) is 97.4 cm³/mol. The van der Waals surface area contributed by atoms with E-state index in [-0.39, 0.29) is 13.1 Å². The summed E-state index contributed by atoms with van der Waals surface area (Å²) in [6.07, 6.45) is 0.131. The van der Waals surface area contributed by atoms with Gasteiger partial charge in [0.15, 0.2) is 0 Å². The van der Waals surface area contributed by atoms with Crippen LogP contribution in [0.2, 0.25) is 0 Å². The molecule has 1 amide bonds. The number of hydrogen-bond acceptors (Lipinski definition) is 8. The highest BCUT2D eigenvalue weighted by Crippen LogP contribution is 2.38. The summed E-state index contributed by atoms with van der Waals surface area (Å²) in [5, 5.41) is 0. The van der Waals surface area contributed by atoms with Gasteiger partial charge in [-0.1, -0.05) is 0 Å². The van der Waals surface area contributed by atoms with Crippen molar-refractivity contribution in [1.82, 2.24) is 9.80 Å². The molecule has 30 heavy (non-hydrogen) atoms. The number of nitrogens with zero attached hydrogens (tertiary/aromatic N) is 2. The van der Waals surface area contributed by atoms with Crippen molar-refractivity contribution in [2.45, 2.75) is 50.4 Å². The first-order valence-electron chi connectivity index (χ1n) is 9.05. The van der Waals surface area contributed by atoms with Crippen molar-refractivity contribution < 1.29 is 44.8 Å². The summed E-state index contributed by atoms with van der Waals surface area (Å²) in [7, 11) is -3.16. The van der Waals surface area contributed by atoms with Gasteiger partial charge in [0.1, 0.15) is 11.4 Å². The normalized spacial score (nSPS) is 25.4. The molecule has 3 atom stereocenters. The topological polar surface area (TPSA) is 102 Å². The third-order valence-electron chi connectivity index (χ3n) is 4.80. The van der Waals surface area contributed by atoms with Crippen LogP contribution in [0.3, 0.4) is 0 Å². The molecule has 13 heteroatoms. The van der Waals surface area contributed by atoms with Crippen molar-refractivity contribution >= 4 is 22.2 Å². The molecule has 0 N–H and O–H groups in total. The van der Waals surface area contributed by atoms with Crippen molar-refractivity contribution in [3.63, 3.8) is 0 Å². The molecule has 0 aromatic rings. The van der Waals surface area contributed by atoms with E-state index in [2.05, 4.69) is 8.92 Å². The van der Waals surface area contributed by atoms with Gasteiger partial charge in [0.05, 0.1) is 13.5 Å². The van der Waals surface area contributed by atoms with Crippen LogP contribution in [0, 0.1) is 5.92 Å². The summed E-state index contributed by atoms with van der Waals surface area (Å²) in [5.74, 6) is -2.34. The molecule has 0 aliphatic carbocycles. The summed E-state index contributed by atoms with van der Waals surface area (Å²) in [5.41, 5.74) is -6.38. The van der Waals surface area contributed by atoms with Gasteiger partial charge in [-0.2, -0.15) is 21.6 Å². The SMILES string of the molecule is COC(=O)CC1C(OS(=O)(=O)C(F)(F)F)=CC2CN(C(=O)OC(C)(C)C)CC1N2C. The molecule has 0 saturated carbocycles. The average molecular weight is 458 g/mol. The van der Waals surface area contributed by atoms with Crippen LogP contribution in [0.15, 0.2) is 11.8 Å². The van der Waals surface area contributed by atoms with E-state index in [0.717, 1.165) is 7.11 Å². The minimum absolute atomic E-state index is 0.00363. The number of alkyl halides is 3. The largest absolute Gasteiger partial charge is 0.534 e. The summed E-state index contributed by atoms with van der Waals surface area (Å²) in [6.45, 7) is 5.11. The minimum atomic E-state index is -5.92. The van der Waals surface area contributed by atoms with Crippen LogP contribution in [-0.4, -0.2) is 80.7 Å². The maximum Gasteiger partial charge on any atom is 0.534 e. The van der Waals surface area contributed by atoms with E-state index < -0.39 is 63.5 Å². The second-order valence-electron chi connectivity index (χ2n) is 8.12. The number of rotatable bonds is 4. The molecule has 172 valence electrons. The number of fused-ring (bicyclic) bond motifs is 2. The lowest BCUT2D eigenvalue weighted by Crippen LogP contribution is -2.63. The highest BCUT2D eigenvalue weighted by atomic mass is 32.2. The molecule has 2 bridgehead atoms. The Hall–Kier alpha value is -2.02. The third kappa shape index (κ3) is 5.36. The van der Waals surface area contributed by atoms with E-state index in [1.807, 2.05) is 0 Å². The Morgan fingerprint density at radius 2 is 1.80 bits per heavy atom. The quantitative estimate of drug-likeness (QED) is 0.357. The molecule has 1 fully saturated rings. The molecule has 1 saturated heterocycles. The number of esters is 1. The standard InChI is InChI=1S/C17H25F3N2O7S/c1-16(2,3)28-15(24)22-8-10-6-13(29-30(25,26)17(18,19)20)11(7-14(23)27-5)12(9-22)21(10)4/h6,10-12H,7-9H2,1-5H3. The molecule has 9 nitrogen and oxygen atoms in total. The Morgan fingerprint density at radius 1 is 1.20 bits per heavy atom. The van der Waals surface area contributed by atoms with E-state index in [1.165, 1.54) is 11.0 Å². The molecular formula is C17H25F3N2O7S. The van der Waals surface area contributed by atoms with Crippen LogP contribution in [0.25, 0.3) is 0 Å². The van der Waals surface area contributed by atoms with E-state index in [9.17, 15) is 31.2 Å². The van der Waals surface area contributed by atoms with Gasteiger partial charge in [-0.15, -0.1) is 0 Å². The van der Waals surface area contributed by atoms with Gasteiger partial charge in [0, 0.05) is 31.1 Å². The van der Waals surface area contributed by atoms with Crippen LogP contribution in [0.4, 0.5) is 18.0 Å². The lowest BCUT2D eigenvalue weighted by molar-refractivity contribution is -0.142. The Bertz CT molecular complexity index is 820. The smallest absolute Gasteiger partial charge is 0.469 e. The van der Waals surface area contributed by atoms with E-state index in [4.69, 9.17) is 4.74 Å². The van der Waals surface area contributed by atoms with Gasteiger partial charge in [0.25, 0.3) is 0 Å². The molecular weight excluding hydrogens is 433 g/mol. The molecule has 2 aliphatic rings. The fraction of sp³-hybridized carbons (Fsp3) is 0.765. The van der Waals surface area contributed by atoms with Crippen molar-refractivity contribution in [2.75, 3.05) is 27.2 Å². The van der Waals surface area contributed by atoms with Gasteiger partial charge in [0.2, 0.25) is 0 Å². The summed E-state index contributed by atoms with van der Waals surface area (Å²) < 4.78 is 75.9. The number of amides is 1. The number of halogens is 3. The lowest BCUT2D eigenvalue weighted by Gasteiger charge is -2.49. The monoisotopic (exact) mass is 458 g/mol. The first-order chi connectivity index (χ1) is 13.6. The predicted octanol–water partition coefficient (Wildman–Crippen LogP) is 1.85. The Labute approximate surface area is 172 Å². The second-order valence-corrected chi connectivity index (χ2v) is 9.66. The average Bonchev–Trinajstić information content (AvgIpc) is 2.56. The van der Waals surface area contributed by atoms with Crippen LogP contribution in [0.1, 0.15) is 27.2 Å². The minimum Gasteiger partial charge on any atom is -0.469 e. The maximum absolute atomic E-state index is 12.8. The fourth-order valence-corrected chi connectivity index (χ4v) is 3.88. The van der Waals surface area contributed by atoms with Crippen LogP contribution < -0.4 is 0 Å². The third-order valence-corrected chi connectivity index (χ3v) is 5.78. The van der Waals surface area contributed by atoms with Crippen molar-refractivity contribution in [1.29, 1.82) is 0 Å². The Balaban J connectivity index is 2.38. The zero-order valence-electron chi connectivity index (χ0n) is 17.2. The molecule has 0 spiro atoms. The van der Waals surface area contributed by atoms with Crippen LogP contribution in [0.5, 0.6) is 0 Å². The molecule has 2 aliphatic heterocycles. The zero-order valence-corrected chi connectivity index (χ0v) is 18.0. The maximum atomic E-state index is 12.8. The summed E-state index contributed by atoms with van der Waals surface area (Å²) >= 11 is 0. The lowest BCUT2D eigenvalue weighted by atomic mass is 9.84. The number of hydrogen-bond donors (Lipinski definition) is 0. The van der Waals surface area contributed by atoms with Gasteiger partial charge >= 0.3 is 27.7 Å². The van der Waals surface area contributed by atoms with E-state index >= 15 is 0 Å². The molecule has 2 rings (SSSR count). The summed E-state index contributed by atoms with van der Waals surface area (Å²) in [4.78, 5) is 27.5. The van der Waals surface area contributed by atoms with Crippen LogP contribution >= 0.6 is 0 Å². The van der Waals surface area contributed by atoms with E-state index in [0.29, 0.717) is 0 Å². The number of ether oxygens (including phenoxy) is 2. The van der Waals surface area contributed by atoms with Gasteiger partial charge < -0.3 is 18.6 Å². The number of methoxy groups -OCH3 is 1. The molecule has 0 aromatic carbocycles. The molecule has 0 radical (unpaired) electrons. The zero-order chi connectivity index (χ0) is 23.1. The number of likely N-dealkylation sites (N-methyl/N-ethyl adjacent to an activating group) is 1. The van der Waals surface area contributed by atoms with Crippen molar-refractivity contribution in [2.24, 2.45) is 5.92 Å². The van der Waals surface area contributed by atoms with Crippen LogP contribution in [-0.2, 0) is 28.6 Å². The molecule has 2 heterocycles. The highest BCUT2D eigenvalue weighted by Gasteiger charge is 2.52. The number of carbonyl (C=O) groups is 2. The Morgan fingerprint density at radius 3 is 2.30 bits per heavy atom. The van der Waals surface area contributed by atoms with Gasteiger partial charge in [-0.3, -0.25) is 9.69 Å². The number of carbonyl (C=O) groups excluding carboxylic acids is 2. The van der Waals surface area contributed by atoms with E-state index in [1.54, 1.807) is 32.7 Å². The first-order valence-corrected chi connectivity index (χ1v) is 10.5. The molecule has 0 aromatic heterocycles. The molecule has 3 unspecified atom stereocenters. The van der Waals surface area contributed by atoms with Gasteiger partial charge in [-0.05, 0) is 33.9 Å². The number of piperazine rings is 1.